The van der Waals surface area contributed by atoms with Gasteiger partial charge in [0.2, 0.25) is 0 Å². The Morgan fingerprint density at radius 1 is 1.33 bits per heavy atom. The van der Waals surface area contributed by atoms with Crippen LogP contribution in [0, 0.1) is 0 Å². The van der Waals surface area contributed by atoms with Crippen molar-refractivity contribution in [3.8, 4) is 0 Å². The lowest BCUT2D eigenvalue weighted by Gasteiger charge is -2.22. The molecule has 0 radical (unpaired) electrons. The summed E-state index contributed by atoms with van der Waals surface area (Å²) in [6, 6.07) is 11.6. The van der Waals surface area contributed by atoms with Gasteiger partial charge in [-0.2, -0.15) is 19.6 Å². The first kappa shape index (κ1) is 17.4. The Balaban J connectivity index is 1.64. The van der Waals surface area contributed by atoms with E-state index < -0.39 is 0 Å². The van der Waals surface area contributed by atoms with Crippen LogP contribution in [0.2, 0.25) is 0 Å². The Bertz CT molecular complexity index is 938. The molecular weight excluding hydrogens is 346 g/mol. The summed E-state index contributed by atoms with van der Waals surface area (Å²) >= 11 is 0. The highest BCUT2D eigenvalue weighted by molar-refractivity contribution is 5.80. The normalized spacial score (nSPS) is 14.6. The highest BCUT2D eigenvalue weighted by atomic mass is 16.5. The molecule has 3 heterocycles. The number of aromatic nitrogens is 4. The van der Waals surface area contributed by atoms with Crippen LogP contribution in [0.5, 0.6) is 0 Å². The second-order valence-corrected chi connectivity index (χ2v) is 6.34. The number of nitrogens with zero attached hydrogens (tertiary/aromatic N) is 6. The molecule has 1 aliphatic heterocycles. The molecule has 0 amide bonds. The van der Waals surface area contributed by atoms with Crippen molar-refractivity contribution in [2.24, 2.45) is 5.10 Å². The quantitative estimate of drug-likeness (QED) is 0.477. The molecule has 0 saturated carbocycles. The van der Waals surface area contributed by atoms with E-state index in [1.807, 2.05) is 48.3 Å². The van der Waals surface area contributed by atoms with E-state index in [-0.39, 0.29) is 12.5 Å². The summed E-state index contributed by atoms with van der Waals surface area (Å²) in [6.07, 6.45) is 1.73. The van der Waals surface area contributed by atoms with E-state index in [9.17, 15) is 5.11 Å². The third kappa shape index (κ3) is 3.74. The first-order valence-corrected chi connectivity index (χ1v) is 8.76. The standard InChI is InChI=1S/C18H21N7O2/c1-24(7-8-26)16-9-15(22-19-10-13-5-3-2-4-6-13)20-18-21-17(23-25(16)18)14-11-27-12-14/h2-6,9-10,14,26H,7-8,11-12H2,1H3,(H,20,21,22,23)/b19-10+. The van der Waals surface area contributed by atoms with Crippen molar-refractivity contribution < 1.29 is 9.84 Å². The SMILES string of the molecule is CN(CCO)c1cc(N/N=C/c2ccccc2)nc2nc(C3COC3)nn12. The van der Waals surface area contributed by atoms with Crippen LogP contribution in [0.25, 0.3) is 5.78 Å². The molecule has 0 spiro atoms. The fraction of sp³-hybridized carbons (Fsp3) is 0.333. The van der Waals surface area contributed by atoms with Gasteiger partial charge in [0, 0.05) is 19.7 Å². The minimum absolute atomic E-state index is 0.0350. The van der Waals surface area contributed by atoms with E-state index in [2.05, 4.69) is 25.6 Å². The molecule has 0 atom stereocenters. The van der Waals surface area contributed by atoms with Crippen LogP contribution < -0.4 is 10.3 Å². The molecular formula is C18H21N7O2. The first-order valence-electron chi connectivity index (χ1n) is 8.76. The zero-order valence-corrected chi connectivity index (χ0v) is 15.0. The van der Waals surface area contributed by atoms with Gasteiger partial charge in [-0.25, -0.2) is 0 Å². The van der Waals surface area contributed by atoms with Crippen LogP contribution in [-0.4, -0.2) is 64.3 Å². The minimum Gasteiger partial charge on any atom is -0.395 e. The summed E-state index contributed by atoms with van der Waals surface area (Å²) in [5.74, 6) is 2.73. The smallest absolute Gasteiger partial charge is 0.256 e. The number of likely N-dealkylation sites (N-methyl/N-ethyl adjacent to an activating group) is 1. The highest BCUT2D eigenvalue weighted by Crippen LogP contribution is 2.24. The van der Waals surface area contributed by atoms with Gasteiger partial charge in [0.15, 0.2) is 11.6 Å². The van der Waals surface area contributed by atoms with Gasteiger partial charge in [0.25, 0.3) is 5.78 Å². The van der Waals surface area contributed by atoms with E-state index >= 15 is 0 Å². The highest BCUT2D eigenvalue weighted by Gasteiger charge is 2.26. The topological polar surface area (TPSA) is 100 Å². The van der Waals surface area contributed by atoms with Gasteiger partial charge in [-0.1, -0.05) is 30.3 Å². The number of hydrogen-bond donors (Lipinski definition) is 2. The molecule has 1 fully saturated rings. The van der Waals surface area contributed by atoms with Crippen molar-refractivity contribution in [3.05, 3.63) is 47.8 Å². The van der Waals surface area contributed by atoms with Crippen LogP contribution in [0.3, 0.4) is 0 Å². The third-order valence-corrected chi connectivity index (χ3v) is 4.33. The molecule has 1 saturated heterocycles. The molecule has 3 aromatic rings. The molecule has 2 N–H and O–H groups in total. The predicted molar refractivity (Wildman–Crippen MR) is 102 cm³/mol. The number of fused-ring (bicyclic) bond motifs is 1. The summed E-state index contributed by atoms with van der Waals surface area (Å²) in [7, 11) is 1.88. The number of rotatable bonds is 7. The van der Waals surface area contributed by atoms with E-state index in [4.69, 9.17) is 4.74 Å². The van der Waals surface area contributed by atoms with Gasteiger partial charge in [-0.05, 0) is 5.56 Å². The molecule has 2 aromatic heterocycles. The zero-order valence-electron chi connectivity index (χ0n) is 15.0. The summed E-state index contributed by atoms with van der Waals surface area (Å²) in [6.45, 7) is 1.76. The van der Waals surface area contributed by atoms with Crippen LogP contribution in [0.1, 0.15) is 17.3 Å². The van der Waals surface area contributed by atoms with E-state index in [1.165, 1.54) is 0 Å². The van der Waals surface area contributed by atoms with Gasteiger partial charge in [0.05, 0.1) is 32.0 Å². The minimum atomic E-state index is 0.0350. The number of aliphatic hydroxyl groups excluding tert-OH is 1. The molecule has 9 heteroatoms. The van der Waals surface area contributed by atoms with E-state index in [1.54, 1.807) is 10.7 Å². The molecule has 140 valence electrons. The van der Waals surface area contributed by atoms with Crippen molar-refractivity contribution in [3.63, 3.8) is 0 Å². The molecule has 0 aliphatic carbocycles. The molecule has 0 unspecified atom stereocenters. The van der Waals surface area contributed by atoms with Crippen LogP contribution >= 0.6 is 0 Å². The summed E-state index contributed by atoms with van der Waals surface area (Å²) in [5.41, 5.74) is 3.94. The Kier molecular flexibility index (Phi) is 4.95. The fourth-order valence-electron chi connectivity index (χ4n) is 2.73. The second kappa shape index (κ2) is 7.68. The fourth-order valence-corrected chi connectivity index (χ4v) is 2.73. The molecule has 1 aliphatic rings. The maximum Gasteiger partial charge on any atom is 0.256 e. The number of hydrogen-bond acceptors (Lipinski definition) is 8. The van der Waals surface area contributed by atoms with Gasteiger partial charge < -0.3 is 14.7 Å². The molecule has 0 bridgehead atoms. The maximum atomic E-state index is 9.29. The number of aliphatic hydroxyl groups is 1. The number of hydrazone groups is 1. The van der Waals surface area contributed by atoms with Gasteiger partial charge >= 0.3 is 0 Å². The number of ether oxygens (including phenoxy) is 1. The van der Waals surface area contributed by atoms with Gasteiger partial charge in [-0.3, -0.25) is 5.43 Å². The number of benzene rings is 1. The van der Waals surface area contributed by atoms with Crippen molar-refractivity contribution >= 4 is 23.6 Å². The lowest BCUT2D eigenvalue weighted by molar-refractivity contribution is 0.00496. The monoisotopic (exact) mass is 367 g/mol. The van der Waals surface area contributed by atoms with Crippen molar-refractivity contribution in [2.75, 3.05) is 43.7 Å². The molecule has 4 rings (SSSR count). The summed E-state index contributed by atoms with van der Waals surface area (Å²) < 4.78 is 6.93. The van der Waals surface area contributed by atoms with Crippen molar-refractivity contribution in [1.29, 1.82) is 0 Å². The average Bonchev–Trinajstić information content (AvgIpc) is 3.03. The molecule has 9 nitrogen and oxygen atoms in total. The lowest BCUT2D eigenvalue weighted by atomic mass is 10.1. The third-order valence-electron chi connectivity index (χ3n) is 4.33. The van der Waals surface area contributed by atoms with E-state index in [0.29, 0.717) is 31.4 Å². The Morgan fingerprint density at radius 2 is 2.15 bits per heavy atom. The Labute approximate surface area is 156 Å². The van der Waals surface area contributed by atoms with Crippen molar-refractivity contribution in [1.82, 2.24) is 19.6 Å². The summed E-state index contributed by atoms with van der Waals surface area (Å²) in [5, 5.41) is 18.1. The number of nitrogens with one attached hydrogen (secondary N) is 1. The lowest BCUT2D eigenvalue weighted by Crippen LogP contribution is -2.26. The summed E-state index contributed by atoms with van der Waals surface area (Å²) in [4.78, 5) is 10.9. The first-order chi connectivity index (χ1) is 13.2. The van der Waals surface area contributed by atoms with Crippen LogP contribution in [-0.2, 0) is 4.74 Å². The maximum absolute atomic E-state index is 9.29. The second-order valence-electron chi connectivity index (χ2n) is 6.34. The average molecular weight is 367 g/mol. The van der Waals surface area contributed by atoms with E-state index in [0.717, 1.165) is 17.2 Å². The number of anilines is 2. The van der Waals surface area contributed by atoms with Gasteiger partial charge in [-0.15, -0.1) is 5.10 Å². The van der Waals surface area contributed by atoms with Crippen LogP contribution in [0.15, 0.2) is 41.5 Å². The zero-order chi connectivity index (χ0) is 18.6. The Morgan fingerprint density at radius 3 is 2.85 bits per heavy atom. The Hall–Kier alpha value is -3.04. The molecule has 27 heavy (non-hydrogen) atoms. The van der Waals surface area contributed by atoms with Gasteiger partial charge in [0.1, 0.15) is 5.82 Å². The largest absolute Gasteiger partial charge is 0.395 e. The van der Waals surface area contributed by atoms with Crippen LogP contribution in [0.4, 0.5) is 11.6 Å². The molecule has 1 aromatic carbocycles. The predicted octanol–water partition coefficient (Wildman–Crippen LogP) is 1.11. The van der Waals surface area contributed by atoms with Crippen molar-refractivity contribution in [2.45, 2.75) is 5.92 Å².